The highest BCUT2D eigenvalue weighted by Gasteiger charge is 2.11. The topological polar surface area (TPSA) is 31.6 Å². The number of rotatable bonds is 10. The van der Waals surface area contributed by atoms with Gasteiger partial charge in [0.25, 0.3) is 0 Å². The quantitative estimate of drug-likeness (QED) is 0.714. The number of nitrogens with one attached hydrogen (secondary N) is 1. The minimum atomic E-state index is 0.500. The van der Waals surface area contributed by atoms with Gasteiger partial charge >= 0.3 is 0 Å². The lowest BCUT2D eigenvalue weighted by molar-refractivity contribution is 0.239. The predicted octanol–water partition coefficient (Wildman–Crippen LogP) is 2.55. The van der Waals surface area contributed by atoms with E-state index >= 15 is 0 Å². The van der Waals surface area contributed by atoms with Gasteiger partial charge in [-0.1, -0.05) is 20.8 Å². The molecule has 0 saturated heterocycles. The van der Waals surface area contributed by atoms with Gasteiger partial charge in [-0.25, -0.2) is 0 Å². The van der Waals surface area contributed by atoms with E-state index in [4.69, 9.17) is 4.42 Å². The van der Waals surface area contributed by atoms with E-state index in [0.29, 0.717) is 6.04 Å². The molecular formula is C16H31N3O. The van der Waals surface area contributed by atoms with E-state index in [1.165, 1.54) is 12.0 Å². The van der Waals surface area contributed by atoms with Gasteiger partial charge in [-0.2, -0.15) is 0 Å². The monoisotopic (exact) mass is 281 g/mol. The highest BCUT2D eigenvalue weighted by molar-refractivity contribution is 5.16. The van der Waals surface area contributed by atoms with Crippen molar-refractivity contribution in [2.45, 2.75) is 46.3 Å². The fourth-order valence-corrected chi connectivity index (χ4v) is 2.14. The van der Waals surface area contributed by atoms with Crippen LogP contribution in [0.15, 0.2) is 16.7 Å². The Kier molecular flexibility index (Phi) is 7.88. The summed E-state index contributed by atoms with van der Waals surface area (Å²) in [6.45, 7) is 11.7. The molecule has 0 aliphatic rings. The molecule has 0 aliphatic heterocycles. The SMILES string of the molecule is CCN(CCCN(C)C)Cc1occc1CNC(C)C. The third-order valence-electron chi connectivity index (χ3n) is 3.43. The summed E-state index contributed by atoms with van der Waals surface area (Å²) in [4.78, 5) is 4.68. The maximum atomic E-state index is 5.66. The minimum Gasteiger partial charge on any atom is -0.468 e. The molecule has 0 fully saturated rings. The lowest BCUT2D eigenvalue weighted by atomic mass is 10.2. The fraction of sp³-hybridized carbons (Fsp3) is 0.750. The van der Waals surface area contributed by atoms with Crippen molar-refractivity contribution in [1.29, 1.82) is 0 Å². The number of hydrogen-bond donors (Lipinski definition) is 1. The molecule has 20 heavy (non-hydrogen) atoms. The Morgan fingerprint density at radius 2 is 2.00 bits per heavy atom. The molecule has 4 nitrogen and oxygen atoms in total. The highest BCUT2D eigenvalue weighted by Crippen LogP contribution is 2.13. The second-order valence-corrected chi connectivity index (χ2v) is 5.93. The summed E-state index contributed by atoms with van der Waals surface area (Å²) in [5, 5.41) is 3.45. The maximum Gasteiger partial charge on any atom is 0.122 e. The summed E-state index contributed by atoms with van der Waals surface area (Å²) in [5.74, 6) is 1.10. The van der Waals surface area contributed by atoms with E-state index in [0.717, 1.165) is 38.5 Å². The first-order chi connectivity index (χ1) is 9.52. The Morgan fingerprint density at radius 3 is 2.60 bits per heavy atom. The third kappa shape index (κ3) is 6.55. The van der Waals surface area contributed by atoms with Crippen LogP contribution in [0.1, 0.15) is 38.5 Å². The van der Waals surface area contributed by atoms with Crippen molar-refractivity contribution in [2.24, 2.45) is 0 Å². The summed E-state index contributed by atoms with van der Waals surface area (Å²) < 4.78 is 5.66. The number of furan rings is 1. The third-order valence-corrected chi connectivity index (χ3v) is 3.43. The molecule has 0 spiro atoms. The molecular weight excluding hydrogens is 250 g/mol. The van der Waals surface area contributed by atoms with Gasteiger partial charge in [-0.15, -0.1) is 0 Å². The van der Waals surface area contributed by atoms with Gasteiger partial charge in [-0.3, -0.25) is 4.90 Å². The molecule has 0 aromatic carbocycles. The van der Waals surface area contributed by atoms with Crippen LogP contribution in [0.5, 0.6) is 0 Å². The van der Waals surface area contributed by atoms with Gasteiger partial charge in [0.05, 0.1) is 12.8 Å². The maximum absolute atomic E-state index is 5.66. The predicted molar refractivity (Wildman–Crippen MR) is 84.8 cm³/mol. The van der Waals surface area contributed by atoms with Crippen molar-refractivity contribution in [3.8, 4) is 0 Å². The standard InChI is InChI=1S/C16H31N3O/c1-6-19(10-7-9-18(4)5)13-16-15(8-11-20-16)12-17-14(2)3/h8,11,14,17H,6-7,9-10,12-13H2,1-5H3. The van der Waals surface area contributed by atoms with E-state index in [1.807, 2.05) is 0 Å². The number of hydrogen-bond acceptors (Lipinski definition) is 4. The highest BCUT2D eigenvalue weighted by atomic mass is 16.3. The van der Waals surface area contributed by atoms with E-state index in [-0.39, 0.29) is 0 Å². The van der Waals surface area contributed by atoms with Gasteiger partial charge in [0.2, 0.25) is 0 Å². The Hall–Kier alpha value is -0.840. The summed E-state index contributed by atoms with van der Waals surface area (Å²) >= 11 is 0. The van der Waals surface area contributed by atoms with Gasteiger partial charge in [-0.05, 0) is 46.2 Å². The lowest BCUT2D eigenvalue weighted by Gasteiger charge is -2.21. The van der Waals surface area contributed by atoms with Gasteiger partial charge in [0.15, 0.2) is 0 Å². The van der Waals surface area contributed by atoms with Gasteiger partial charge in [0.1, 0.15) is 5.76 Å². The van der Waals surface area contributed by atoms with E-state index in [1.54, 1.807) is 6.26 Å². The van der Waals surface area contributed by atoms with Crippen LogP contribution in [0.3, 0.4) is 0 Å². The van der Waals surface area contributed by atoms with E-state index < -0.39 is 0 Å². The van der Waals surface area contributed by atoms with Crippen LogP contribution in [0.2, 0.25) is 0 Å². The molecule has 1 aromatic rings. The molecule has 0 saturated carbocycles. The Balaban J connectivity index is 2.46. The van der Waals surface area contributed by atoms with Crippen molar-refractivity contribution in [3.05, 3.63) is 23.7 Å². The zero-order chi connectivity index (χ0) is 15.0. The molecule has 0 radical (unpaired) electrons. The van der Waals surface area contributed by atoms with Crippen LogP contribution in [0.25, 0.3) is 0 Å². The molecule has 1 aromatic heterocycles. The second-order valence-electron chi connectivity index (χ2n) is 5.93. The minimum absolute atomic E-state index is 0.500. The molecule has 4 heteroatoms. The molecule has 0 unspecified atom stereocenters. The normalized spacial score (nSPS) is 12.0. The van der Waals surface area contributed by atoms with Crippen LogP contribution in [-0.4, -0.2) is 49.6 Å². The smallest absolute Gasteiger partial charge is 0.122 e. The summed E-state index contributed by atoms with van der Waals surface area (Å²) in [7, 11) is 4.25. The first kappa shape index (κ1) is 17.2. The Morgan fingerprint density at radius 1 is 1.25 bits per heavy atom. The van der Waals surface area contributed by atoms with Crippen LogP contribution < -0.4 is 5.32 Å². The van der Waals surface area contributed by atoms with Crippen molar-refractivity contribution >= 4 is 0 Å². The summed E-state index contributed by atoms with van der Waals surface area (Å²) in [6, 6.07) is 2.58. The molecule has 1 rings (SSSR count). The fourth-order valence-electron chi connectivity index (χ4n) is 2.14. The molecule has 1 heterocycles. The van der Waals surface area contributed by atoms with Crippen molar-refractivity contribution < 1.29 is 4.42 Å². The molecule has 116 valence electrons. The first-order valence-corrected chi connectivity index (χ1v) is 7.68. The molecule has 0 amide bonds. The van der Waals surface area contributed by atoms with Crippen molar-refractivity contribution in [1.82, 2.24) is 15.1 Å². The van der Waals surface area contributed by atoms with Gasteiger partial charge in [0, 0.05) is 18.2 Å². The Labute approximate surface area is 124 Å². The van der Waals surface area contributed by atoms with Crippen LogP contribution >= 0.6 is 0 Å². The van der Waals surface area contributed by atoms with Crippen LogP contribution in [-0.2, 0) is 13.1 Å². The van der Waals surface area contributed by atoms with Crippen molar-refractivity contribution in [3.63, 3.8) is 0 Å². The first-order valence-electron chi connectivity index (χ1n) is 7.68. The molecule has 1 N–H and O–H groups in total. The zero-order valence-electron chi connectivity index (χ0n) is 13.8. The van der Waals surface area contributed by atoms with Gasteiger partial charge < -0.3 is 14.6 Å². The summed E-state index contributed by atoms with van der Waals surface area (Å²) in [5.41, 5.74) is 1.28. The summed E-state index contributed by atoms with van der Waals surface area (Å²) in [6.07, 6.45) is 3.00. The zero-order valence-corrected chi connectivity index (χ0v) is 13.8. The molecule has 0 atom stereocenters. The van der Waals surface area contributed by atoms with Crippen LogP contribution in [0.4, 0.5) is 0 Å². The van der Waals surface area contributed by atoms with Crippen LogP contribution in [0, 0.1) is 0 Å². The average molecular weight is 281 g/mol. The van der Waals surface area contributed by atoms with Crippen molar-refractivity contribution in [2.75, 3.05) is 33.7 Å². The lowest BCUT2D eigenvalue weighted by Crippen LogP contribution is -2.28. The van der Waals surface area contributed by atoms with E-state index in [2.05, 4.69) is 56.0 Å². The molecule has 0 bridgehead atoms. The number of nitrogens with zero attached hydrogens (tertiary/aromatic N) is 2. The van der Waals surface area contributed by atoms with E-state index in [9.17, 15) is 0 Å². The molecule has 0 aliphatic carbocycles. The second kappa shape index (κ2) is 9.16. The Bertz CT molecular complexity index is 360. The average Bonchev–Trinajstić information content (AvgIpc) is 2.82. The largest absolute Gasteiger partial charge is 0.468 e.